The van der Waals surface area contributed by atoms with E-state index in [1.54, 1.807) is 19.9 Å². The van der Waals surface area contributed by atoms with Gasteiger partial charge in [0.2, 0.25) is 0 Å². The highest BCUT2D eigenvalue weighted by atomic mass is 16.4. The van der Waals surface area contributed by atoms with Gasteiger partial charge in [0.1, 0.15) is 0 Å². The van der Waals surface area contributed by atoms with Crippen molar-refractivity contribution in [3.05, 3.63) is 30.0 Å². The third kappa shape index (κ3) is 2.57. The third-order valence-electron chi connectivity index (χ3n) is 3.18. The van der Waals surface area contributed by atoms with E-state index in [4.69, 9.17) is 5.11 Å². The molecule has 0 radical (unpaired) electrons. The molecule has 6 nitrogen and oxygen atoms in total. The van der Waals surface area contributed by atoms with Gasteiger partial charge >= 0.3 is 5.97 Å². The fourth-order valence-electron chi connectivity index (χ4n) is 1.75. The zero-order valence-electron chi connectivity index (χ0n) is 10.7. The van der Waals surface area contributed by atoms with Crippen LogP contribution in [0, 0.1) is 5.92 Å². The number of hydrogen-bond donors (Lipinski definition) is 3. The number of nitrogens with one attached hydrogen (secondary N) is 2. The molecule has 1 aromatic carbocycles. The van der Waals surface area contributed by atoms with Crippen LogP contribution in [0.5, 0.6) is 0 Å². The number of fused-ring (bicyclic) bond motifs is 1. The fraction of sp³-hybridized carbons (Fsp3) is 0.308. The Balaban J connectivity index is 2.18. The summed E-state index contributed by atoms with van der Waals surface area (Å²) in [4.78, 5) is 22.9. The lowest BCUT2D eigenvalue weighted by atomic mass is 10.0. The maximum absolute atomic E-state index is 12.1. The van der Waals surface area contributed by atoms with Crippen LogP contribution in [0.2, 0.25) is 0 Å². The van der Waals surface area contributed by atoms with Crippen LogP contribution in [-0.4, -0.2) is 33.2 Å². The molecule has 0 saturated heterocycles. The Labute approximate surface area is 109 Å². The number of carbonyl (C=O) groups is 2. The molecule has 0 saturated carbocycles. The topological polar surface area (TPSA) is 95.1 Å². The molecule has 0 fully saturated rings. The molecule has 2 unspecified atom stereocenters. The molecular weight excluding hydrogens is 246 g/mol. The predicted molar refractivity (Wildman–Crippen MR) is 69.8 cm³/mol. The van der Waals surface area contributed by atoms with E-state index >= 15 is 0 Å². The highest BCUT2D eigenvalue weighted by Gasteiger charge is 2.23. The molecule has 0 aliphatic rings. The average molecular weight is 261 g/mol. The Hall–Kier alpha value is -2.37. The highest BCUT2D eigenvalue weighted by molar-refractivity contribution is 6.04. The molecule has 2 atom stereocenters. The van der Waals surface area contributed by atoms with Gasteiger partial charge in [0.25, 0.3) is 5.91 Å². The number of aliphatic carboxylic acids is 1. The summed E-state index contributed by atoms with van der Waals surface area (Å²) in [6, 6.07) is 6.80. The van der Waals surface area contributed by atoms with Crippen molar-refractivity contribution in [2.45, 2.75) is 19.9 Å². The molecule has 1 aromatic heterocycles. The number of aromatic amines is 1. The minimum absolute atomic E-state index is 0.278. The Bertz CT molecular complexity index is 620. The summed E-state index contributed by atoms with van der Waals surface area (Å²) in [5, 5.41) is 19.0. The number of benzene rings is 1. The van der Waals surface area contributed by atoms with E-state index in [1.165, 1.54) is 0 Å². The van der Waals surface area contributed by atoms with Gasteiger partial charge in [0.15, 0.2) is 5.69 Å². The maximum Gasteiger partial charge on any atom is 0.308 e. The van der Waals surface area contributed by atoms with Crippen molar-refractivity contribution in [3.63, 3.8) is 0 Å². The number of nitrogens with zero attached hydrogens (tertiary/aromatic N) is 1. The number of carbonyl (C=O) groups excluding carboxylic acids is 1. The number of H-pyrrole nitrogens is 1. The number of aromatic nitrogens is 2. The summed E-state index contributed by atoms with van der Waals surface area (Å²) in [6.45, 7) is 3.21. The van der Waals surface area contributed by atoms with Crippen LogP contribution in [0.4, 0.5) is 0 Å². The number of carboxylic acids is 1. The van der Waals surface area contributed by atoms with Gasteiger partial charge in [-0.2, -0.15) is 5.10 Å². The van der Waals surface area contributed by atoms with Gasteiger partial charge in [-0.3, -0.25) is 14.7 Å². The monoisotopic (exact) mass is 261 g/mol. The van der Waals surface area contributed by atoms with Crippen molar-refractivity contribution >= 4 is 22.8 Å². The van der Waals surface area contributed by atoms with Gasteiger partial charge in [-0.25, -0.2) is 0 Å². The Morgan fingerprint density at radius 2 is 2.00 bits per heavy atom. The van der Waals surface area contributed by atoms with Crippen LogP contribution in [0.15, 0.2) is 24.3 Å². The second-order valence-electron chi connectivity index (χ2n) is 4.51. The van der Waals surface area contributed by atoms with Crippen LogP contribution >= 0.6 is 0 Å². The summed E-state index contributed by atoms with van der Waals surface area (Å²) >= 11 is 0. The first-order valence-corrected chi connectivity index (χ1v) is 5.97. The van der Waals surface area contributed by atoms with E-state index in [1.807, 2.05) is 18.2 Å². The van der Waals surface area contributed by atoms with Gasteiger partial charge in [0, 0.05) is 11.4 Å². The molecule has 2 aromatic rings. The fourth-order valence-corrected chi connectivity index (χ4v) is 1.75. The molecule has 0 aliphatic carbocycles. The maximum atomic E-state index is 12.1. The van der Waals surface area contributed by atoms with Crippen LogP contribution in [0.1, 0.15) is 24.3 Å². The lowest BCUT2D eigenvalue weighted by molar-refractivity contribution is -0.141. The van der Waals surface area contributed by atoms with E-state index < -0.39 is 17.9 Å². The van der Waals surface area contributed by atoms with Gasteiger partial charge in [-0.1, -0.05) is 18.2 Å². The quantitative estimate of drug-likeness (QED) is 0.775. The van der Waals surface area contributed by atoms with Gasteiger partial charge < -0.3 is 10.4 Å². The van der Waals surface area contributed by atoms with Crippen molar-refractivity contribution in [3.8, 4) is 0 Å². The molecule has 1 heterocycles. The molecule has 3 N–H and O–H groups in total. The number of carboxylic acid groups (broad SMARTS) is 1. The van der Waals surface area contributed by atoms with Gasteiger partial charge in [-0.05, 0) is 19.9 Å². The van der Waals surface area contributed by atoms with Crippen molar-refractivity contribution in [2.75, 3.05) is 0 Å². The SMILES string of the molecule is CC(NC(=O)c1n[nH]c2ccccc12)C(C)C(=O)O. The molecular formula is C13H15N3O3. The molecule has 0 aliphatic heterocycles. The molecule has 1 amide bonds. The zero-order valence-corrected chi connectivity index (χ0v) is 10.7. The first kappa shape index (κ1) is 13.1. The Morgan fingerprint density at radius 1 is 1.32 bits per heavy atom. The average Bonchev–Trinajstić information content (AvgIpc) is 2.81. The van der Waals surface area contributed by atoms with Crippen molar-refractivity contribution < 1.29 is 14.7 Å². The minimum atomic E-state index is -0.945. The molecule has 2 rings (SSSR count). The van der Waals surface area contributed by atoms with E-state index in [2.05, 4.69) is 15.5 Å². The first-order valence-electron chi connectivity index (χ1n) is 5.97. The number of amides is 1. The zero-order chi connectivity index (χ0) is 14.0. The van der Waals surface area contributed by atoms with Gasteiger partial charge in [-0.15, -0.1) is 0 Å². The van der Waals surface area contributed by atoms with E-state index in [0.717, 1.165) is 10.9 Å². The second-order valence-corrected chi connectivity index (χ2v) is 4.51. The Kier molecular flexibility index (Phi) is 3.50. The Morgan fingerprint density at radius 3 is 2.68 bits per heavy atom. The predicted octanol–water partition coefficient (Wildman–Crippen LogP) is 1.40. The van der Waals surface area contributed by atoms with Crippen LogP contribution in [0.3, 0.4) is 0 Å². The lowest BCUT2D eigenvalue weighted by Crippen LogP contribution is -2.40. The van der Waals surface area contributed by atoms with Gasteiger partial charge in [0.05, 0.1) is 11.4 Å². The second kappa shape index (κ2) is 5.09. The molecule has 0 bridgehead atoms. The highest BCUT2D eigenvalue weighted by Crippen LogP contribution is 2.15. The molecule has 100 valence electrons. The summed E-state index contributed by atoms with van der Waals surface area (Å²) in [7, 11) is 0. The van der Waals surface area contributed by atoms with E-state index in [0.29, 0.717) is 0 Å². The van der Waals surface area contributed by atoms with Crippen LogP contribution < -0.4 is 5.32 Å². The summed E-state index contributed by atoms with van der Waals surface area (Å²) in [6.07, 6.45) is 0. The van der Waals surface area contributed by atoms with E-state index in [-0.39, 0.29) is 11.6 Å². The molecule has 0 spiro atoms. The summed E-state index contributed by atoms with van der Waals surface area (Å²) < 4.78 is 0. The number of hydrogen-bond acceptors (Lipinski definition) is 3. The third-order valence-corrected chi connectivity index (χ3v) is 3.18. The normalized spacial score (nSPS) is 14.0. The van der Waals surface area contributed by atoms with Crippen molar-refractivity contribution in [2.24, 2.45) is 5.92 Å². The smallest absolute Gasteiger partial charge is 0.308 e. The largest absolute Gasteiger partial charge is 0.481 e. The number of rotatable bonds is 4. The van der Waals surface area contributed by atoms with Crippen LogP contribution in [-0.2, 0) is 4.79 Å². The van der Waals surface area contributed by atoms with E-state index in [9.17, 15) is 9.59 Å². The minimum Gasteiger partial charge on any atom is -0.481 e. The standard InChI is InChI=1S/C13H15N3O3/c1-7(13(18)19)8(2)14-12(17)11-9-5-3-4-6-10(9)15-16-11/h3-8H,1-2H3,(H,14,17)(H,15,16)(H,18,19). The summed E-state index contributed by atoms with van der Waals surface area (Å²) in [5.41, 5.74) is 1.05. The van der Waals surface area contributed by atoms with Crippen molar-refractivity contribution in [1.82, 2.24) is 15.5 Å². The molecule has 6 heteroatoms. The number of para-hydroxylation sites is 1. The van der Waals surface area contributed by atoms with Crippen LogP contribution in [0.25, 0.3) is 10.9 Å². The summed E-state index contributed by atoms with van der Waals surface area (Å²) in [5.74, 6) is -1.98. The first-order chi connectivity index (χ1) is 9.00. The molecule has 19 heavy (non-hydrogen) atoms. The lowest BCUT2D eigenvalue weighted by Gasteiger charge is -2.16. The van der Waals surface area contributed by atoms with Crippen molar-refractivity contribution in [1.29, 1.82) is 0 Å².